The minimum Gasteiger partial charge on any atom is -0.393 e. The van der Waals surface area contributed by atoms with Crippen LogP contribution in [-0.4, -0.2) is 35.7 Å². The summed E-state index contributed by atoms with van der Waals surface area (Å²) in [5, 5.41) is 19.3. The maximum absolute atomic E-state index is 12.6. The SMILES string of the molecule is C#CCCCC(=O)NC(CN=[N+]=[N-])NC(=O)/C=C/CCC(C)C1CCC2C3CCC4CC(O)CCC4(C)C3CCC12C. The second kappa shape index (κ2) is 14.3. The fraction of sp³-hybridized carbons (Fsp3) is 0.824. The van der Waals surface area contributed by atoms with Crippen LogP contribution in [0.1, 0.15) is 111 Å². The lowest BCUT2D eigenvalue weighted by Gasteiger charge is -2.61. The molecule has 3 N–H and O–H groups in total. The first-order chi connectivity index (χ1) is 20.1. The van der Waals surface area contributed by atoms with Crippen molar-refractivity contribution in [3.8, 4) is 12.3 Å². The third-order valence-corrected chi connectivity index (χ3v) is 12.2. The van der Waals surface area contributed by atoms with Gasteiger partial charge in [-0.2, -0.15) is 0 Å². The average molecular weight is 580 g/mol. The number of aliphatic hydroxyl groups is 1. The average Bonchev–Trinajstić information content (AvgIpc) is 3.32. The van der Waals surface area contributed by atoms with Gasteiger partial charge in [0, 0.05) is 17.8 Å². The van der Waals surface area contributed by atoms with E-state index < -0.39 is 6.17 Å². The van der Waals surface area contributed by atoms with Crippen molar-refractivity contribution in [2.45, 2.75) is 123 Å². The zero-order chi connectivity index (χ0) is 30.3. The van der Waals surface area contributed by atoms with E-state index in [1.54, 1.807) is 0 Å². The number of hydrogen-bond acceptors (Lipinski definition) is 4. The molecule has 8 nitrogen and oxygen atoms in total. The molecule has 4 fully saturated rings. The van der Waals surface area contributed by atoms with E-state index in [0.717, 1.165) is 49.4 Å². The Morgan fingerprint density at radius 2 is 1.88 bits per heavy atom. The highest BCUT2D eigenvalue weighted by molar-refractivity contribution is 5.88. The fourth-order valence-electron chi connectivity index (χ4n) is 10.0. The van der Waals surface area contributed by atoms with E-state index in [4.69, 9.17) is 12.0 Å². The van der Waals surface area contributed by atoms with Gasteiger partial charge in [0.2, 0.25) is 11.8 Å². The molecule has 232 valence electrons. The predicted octanol–water partition coefficient (Wildman–Crippen LogP) is 6.65. The third-order valence-electron chi connectivity index (χ3n) is 12.2. The summed E-state index contributed by atoms with van der Waals surface area (Å²) in [6, 6.07) is 0. The smallest absolute Gasteiger partial charge is 0.245 e. The molecule has 0 aromatic heterocycles. The maximum Gasteiger partial charge on any atom is 0.245 e. The third kappa shape index (κ3) is 7.17. The highest BCUT2D eigenvalue weighted by Crippen LogP contribution is 2.68. The van der Waals surface area contributed by atoms with Gasteiger partial charge >= 0.3 is 0 Å². The molecule has 4 saturated carbocycles. The zero-order valence-corrected chi connectivity index (χ0v) is 26.1. The van der Waals surface area contributed by atoms with Gasteiger partial charge in [-0.05, 0) is 135 Å². The van der Waals surface area contributed by atoms with Gasteiger partial charge in [0.1, 0.15) is 6.17 Å². The summed E-state index contributed by atoms with van der Waals surface area (Å²) in [4.78, 5) is 27.4. The molecular weight excluding hydrogens is 526 g/mol. The molecule has 0 aromatic carbocycles. The quantitative estimate of drug-likeness (QED) is 0.0455. The Hall–Kier alpha value is -2.49. The molecule has 4 aliphatic carbocycles. The Morgan fingerprint density at radius 3 is 2.64 bits per heavy atom. The van der Waals surface area contributed by atoms with Gasteiger partial charge in [-0.15, -0.1) is 12.3 Å². The second-order valence-corrected chi connectivity index (χ2v) is 14.4. The molecule has 0 aliphatic heterocycles. The van der Waals surface area contributed by atoms with Crippen LogP contribution in [0.15, 0.2) is 17.3 Å². The molecule has 0 saturated heterocycles. The van der Waals surface area contributed by atoms with Crippen LogP contribution in [0.2, 0.25) is 0 Å². The number of allylic oxidation sites excluding steroid dienone is 1. The van der Waals surface area contributed by atoms with Crippen LogP contribution in [0, 0.1) is 58.7 Å². The number of carbonyl (C=O) groups excluding carboxylic acids is 2. The second-order valence-electron chi connectivity index (χ2n) is 14.4. The van der Waals surface area contributed by atoms with Crippen LogP contribution < -0.4 is 10.6 Å². The predicted molar refractivity (Wildman–Crippen MR) is 166 cm³/mol. The Labute approximate surface area is 252 Å². The number of aliphatic hydroxyl groups excluding tert-OH is 1. The van der Waals surface area contributed by atoms with Crippen molar-refractivity contribution in [3.63, 3.8) is 0 Å². The highest BCUT2D eigenvalue weighted by Gasteiger charge is 2.60. The number of azide groups is 1. The Balaban J connectivity index is 1.27. The Bertz CT molecular complexity index is 1080. The van der Waals surface area contributed by atoms with Crippen molar-refractivity contribution in [2.24, 2.45) is 51.5 Å². The maximum atomic E-state index is 12.6. The van der Waals surface area contributed by atoms with Crippen LogP contribution in [-0.2, 0) is 9.59 Å². The molecule has 0 radical (unpaired) electrons. The van der Waals surface area contributed by atoms with E-state index in [2.05, 4.69) is 47.4 Å². The Morgan fingerprint density at radius 1 is 1.12 bits per heavy atom. The van der Waals surface area contributed by atoms with Crippen molar-refractivity contribution < 1.29 is 14.7 Å². The molecule has 4 rings (SSSR count). The Kier molecular flexibility index (Phi) is 11.1. The summed E-state index contributed by atoms with van der Waals surface area (Å²) in [6.45, 7) is 7.51. The zero-order valence-electron chi connectivity index (χ0n) is 26.1. The van der Waals surface area contributed by atoms with Crippen molar-refractivity contribution >= 4 is 11.8 Å². The first-order valence-corrected chi connectivity index (χ1v) is 16.5. The summed E-state index contributed by atoms with van der Waals surface area (Å²) in [6.07, 6.45) is 22.3. The van der Waals surface area contributed by atoms with E-state index in [9.17, 15) is 14.7 Å². The fourth-order valence-corrected chi connectivity index (χ4v) is 10.0. The number of hydrogen-bond donors (Lipinski definition) is 3. The largest absolute Gasteiger partial charge is 0.393 e. The van der Waals surface area contributed by atoms with Crippen molar-refractivity contribution in [2.75, 3.05) is 6.54 Å². The summed E-state index contributed by atoms with van der Waals surface area (Å²) in [7, 11) is 0. The molecule has 10 atom stereocenters. The van der Waals surface area contributed by atoms with Gasteiger partial charge in [-0.3, -0.25) is 9.59 Å². The van der Waals surface area contributed by atoms with Crippen molar-refractivity contribution in [1.82, 2.24) is 10.6 Å². The number of nitrogens with one attached hydrogen (secondary N) is 2. The van der Waals surface area contributed by atoms with Crippen molar-refractivity contribution in [1.29, 1.82) is 0 Å². The molecule has 0 aromatic rings. The van der Waals surface area contributed by atoms with Gasteiger partial charge in [-0.1, -0.05) is 32.0 Å². The van der Waals surface area contributed by atoms with Crippen LogP contribution >= 0.6 is 0 Å². The number of unbranched alkanes of at least 4 members (excludes halogenated alkanes) is 1. The first kappa shape index (κ1) is 32.4. The van der Waals surface area contributed by atoms with Gasteiger partial charge in [-0.25, -0.2) is 0 Å². The summed E-state index contributed by atoms with van der Waals surface area (Å²) in [5.41, 5.74) is 9.50. The normalized spacial score (nSPS) is 36.8. The lowest BCUT2D eigenvalue weighted by molar-refractivity contribution is -0.129. The standard InChI is InChI=1S/C34H53N5O3/c1-5-6-7-11-31(41)37-30(22-36-39-35)38-32(42)12-9-8-10-23(2)27-15-16-28-26-14-13-24-21-25(40)17-19-33(24,3)29(26)18-20-34(27,28)4/h1,9,12,23-30,40H,6-8,10-11,13-22H2,2-4H3,(H,37,41)(H,38,42)/b12-9+. The van der Waals surface area contributed by atoms with E-state index in [1.165, 1.54) is 51.0 Å². The lowest BCUT2D eigenvalue weighted by Crippen LogP contribution is -2.54. The van der Waals surface area contributed by atoms with E-state index >= 15 is 0 Å². The number of rotatable bonds is 12. The van der Waals surface area contributed by atoms with Crippen LogP contribution in [0.4, 0.5) is 0 Å². The number of fused-ring (bicyclic) bond motifs is 5. The monoisotopic (exact) mass is 579 g/mol. The van der Waals surface area contributed by atoms with Gasteiger partial charge < -0.3 is 15.7 Å². The molecule has 0 bridgehead atoms. The van der Waals surface area contributed by atoms with E-state index in [0.29, 0.717) is 35.5 Å². The number of carbonyl (C=O) groups is 2. The number of terminal acetylenes is 1. The number of nitrogens with zero attached hydrogens (tertiary/aromatic N) is 3. The molecule has 8 heteroatoms. The molecule has 4 aliphatic rings. The molecule has 10 unspecified atom stereocenters. The molecule has 2 amide bonds. The minimum atomic E-state index is -0.753. The van der Waals surface area contributed by atoms with Crippen molar-refractivity contribution in [3.05, 3.63) is 22.6 Å². The summed E-state index contributed by atoms with van der Waals surface area (Å²) in [5.74, 6) is 6.48. The summed E-state index contributed by atoms with van der Waals surface area (Å²) >= 11 is 0. The highest BCUT2D eigenvalue weighted by atomic mass is 16.3. The number of amides is 2. The molecule has 0 spiro atoms. The molecular formula is C34H53N5O3. The van der Waals surface area contributed by atoms with Crippen LogP contribution in [0.3, 0.4) is 0 Å². The van der Waals surface area contributed by atoms with Gasteiger partial charge in [0.05, 0.1) is 12.6 Å². The minimum absolute atomic E-state index is 0.0565. The van der Waals surface area contributed by atoms with Crippen LogP contribution in [0.5, 0.6) is 0 Å². The van der Waals surface area contributed by atoms with Gasteiger partial charge in [0.25, 0.3) is 0 Å². The lowest BCUT2D eigenvalue weighted by atomic mass is 9.44. The molecule has 0 heterocycles. The molecule has 42 heavy (non-hydrogen) atoms. The van der Waals surface area contributed by atoms with Gasteiger partial charge in [0.15, 0.2) is 0 Å². The van der Waals surface area contributed by atoms with E-state index in [1.807, 2.05) is 6.08 Å². The van der Waals surface area contributed by atoms with Crippen LogP contribution in [0.25, 0.3) is 10.4 Å². The topological polar surface area (TPSA) is 127 Å². The summed E-state index contributed by atoms with van der Waals surface area (Å²) < 4.78 is 0. The first-order valence-electron chi connectivity index (χ1n) is 16.5. The van der Waals surface area contributed by atoms with E-state index in [-0.39, 0.29) is 30.9 Å².